The van der Waals surface area contributed by atoms with E-state index < -0.39 is 0 Å². The van der Waals surface area contributed by atoms with Crippen LogP contribution in [0.3, 0.4) is 0 Å². The van der Waals surface area contributed by atoms with Gasteiger partial charge in [-0.3, -0.25) is 0 Å². The Bertz CT molecular complexity index is 624. The second-order valence-electron chi connectivity index (χ2n) is 5.11. The topological polar surface area (TPSA) is 21.3 Å². The molecule has 104 valence electrons. The van der Waals surface area contributed by atoms with Crippen LogP contribution in [0, 0.1) is 5.82 Å². The van der Waals surface area contributed by atoms with Crippen molar-refractivity contribution in [3.8, 4) is 5.75 Å². The van der Waals surface area contributed by atoms with Gasteiger partial charge in [0.1, 0.15) is 11.6 Å². The molecule has 0 saturated heterocycles. The summed E-state index contributed by atoms with van der Waals surface area (Å²) >= 11 is 0. The number of hydrogen-bond donors (Lipinski definition) is 1. The summed E-state index contributed by atoms with van der Waals surface area (Å²) in [7, 11) is 1.62. The molecule has 0 aromatic heterocycles. The summed E-state index contributed by atoms with van der Waals surface area (Å²) in [5.41, 5.74) is 4.65. The van der Waals surface area contributed by atoms with Crippen LogP contribution in [0.25, 0.3) is 0 Å². The van der Waals surface area contributed by atoms with E-state index in [4.69, 9.17) is 4.74 Å². The SMILES string of the molecule is COc1ccc(F)cc1Cc1cccc2c1NCCC2. The molecule has 2 aromatic rings. The van der Waals surface area contributed by atoms with Gasteiger partial charge >= 0.3 is 0 Å². The van der Waals surface area contributed by atoms with Gasteiger partial charge in [-0.1, -0.05) is 18.2 Å². The summed E-state index contributed by atoms with van der Waals surface area (Å²) < 4.78 is 18.8. The Morgan fingerprint density at radius 2 is 2.10 bits per heavy atom. The van der Waals surface area contributed by atoms with Gasteiger partial charge in [0.2, 0.25) is 0 Å². The maximum atomic E-state index is 13.5. The molecule has 1 aliphatic rings. The minimum absolute atomic E-state index is 0.224. The van der Waals surface area contributed by atoms with Gasteiger partial charge in [-0.15, -0.1) is 0 Å². The Morgan fingerprint density at radius 3 is 2.95 bits per heavy atom. The zero-order chi connectivity index (χ0) is 13.9. The highest BCUT2D eigenvalue weighted by atomic mass is 19.1. The molecule has 3 rings (SSSR count). The maximum Gasteiger partial charge on any atom is 0.123 e. The lowest BCUT2D eigenvalue weighted by molar-refractivity contribution is 0.409. The lowest BCUT2D eigenvalue weighted by Gasteiger charge is -2.21. The van der Waals surface area contributed by atoms with Crippen LogP contribution < -0.4 is 10.1 Å². The number of anilines is 1. The highest BCUT2D eigenvalue weighted by Crippen LogP contribution is 2.30. The van der Waals surface area contributed by atoms with E-state index in [2.05, 4.69) is 23.5 Å². The van der Waals surface area contributed by atoms with Crippen molar-refractivity contribution in [3.63, 3.8) is 0 Å². The highest BCUT2D eigenvalue weighted by Gasteiger charge is 2.14. The Morgan fingerprint density at radius 1 is 1.20 bits per heavy atom. The van der Waals surface area contributed by atoms with Crippen molar-refractivity contribution >= 4 is 5.69 Å². The van der Waals surface area contributed by atoms with E-state index in [1.807, 2.05) is 0 Å². The molecule has 2 nitrogen and oxygen atoms in total. The number of benzene rings is 2. The summed E-state index contributed by atoms with van der Waals surface area (Å²) in [4.78, 5) is 0. The molecule has 3 heteroatoms. The van der Waals surface area contributed by atoms with Crippen molar-refractivity contribution in [2.24, 2.45) is 0 Å². The molecule has 20 heavy (non-hydrogen) atoms. The van der Waals surface area contributed by atoms with E-state index in [0.717, 1.165) is 24.3 Å². The lowest BCUT2D eigenvalue weighted by Crippen LogP contribution is -2.14. The predicted molar refractivity (Wildman–Crippen MR) is 79.0 cm³/mol. The first-order valence-corrected chi connectivity index (χ1v) is 6.95. The number of rotatable bonds is 3. The molecule has 0 bridgehead atoms. The molecule has 1 heterocycles. The maximum absolute atomic E-state index is 13.5. The van der Waals surface area contributed by atoms with E-state index in [-0.39, 0.29) is 5.82 Å². The van der Waals surface area contributed by atoms with Crippen LogP contribution in [0.1, 0.15) is 23.1 Å². The molecule has 1 N–H and O–H groups in total. The monoisotopic (exact) mass is 271 g/mol. The number of para-hydroxylation sites is 1. The van der Waals surface area contributed by atoms with Crippen molar-refractivity contribution in [3.05, 3.63) is 58.9 Å². The van der Waals surface area contributed by atoms with Crippen molar-refractivity contribution in [1.82, 2.24) is 0 Å². The van der Waals surface area contributed by atoms with Crippen molar-refractivity contribution in [1.29, 1.82) is 0 Å². The number of aryl methyl sites for hydroxylation is 1. The van der Waals surface area contributed by atoms with Crippen LogP contribution in [0.15, 0.2) is 36.4 Å². The lowest BCUT2D eigenvalue weighted by atomic mass is 9.95. The van der Waals surface area contributed by atoms with E-state index in [0.29, 0.717) is 6.42 Å². The molecule has 0 saturated carbocycles. The first-order chi connectivity index (χ1) is 9.78. The number of nitrogens with one attached hydrogen (secondary N) is 1. The summed E-state index contributed by atoms with van der Waals surface area (Å²) in [5.74, 6) is 0.512. The molecule has 2 aromatic carbocycles. The van der Waals surface area contributed by atoms with Crippen LogP contribution in [0.4, 0.5) is 10.1 Å². The van der Waals surface area contributed by atoms with Crippen LogP contribution in [-0.2, 0) is 12.8 Å². The molecule has 0 fully saturated rings. The molecule has 0 aliphatic carbocycles. The normalized spacial score (nSPS) is 13.5. The van der Waals surface area contributed by atoms with Crippen molar-refractivity contribution in [2.75, 3.05) is 19.0 Å². The van der Waals surface area contributed by atoms with Gasteiger partial charge in [0.05, 0.1) is 7.11 Å². The standard InChI is InChI=1S/C17H18FNO/c1-20-16-8-7-15(18)11-14(16)10-13-5-2-4-12-6-3-9-19-17(12)13/h2,4-5,7-8,11,19H,3,6,9-10H2,1H3. The molecular formula is C17H18FNO. The highest BCUT2D eigenvalue weighted by molar-refractivity contribution is 5.60. The van der Waals surface area contributed by atoms with E-state index in [9.17, 15) is 4.39 Å². The van der Waals surface area contributed by atoms with Gasteiger partial charge in [0.15, 0.2) is 0 Å². The Balaban J connectivity index is 1.97. The third-order valence-electron chi connectivity index (χ3n) is 3.79. The number of halogens is 1. The smallest absolute Gasteiger partial charge is 0.123 e. The third kappa shape index (κ3) is 2.48. The fraction of sp³-hybridized carbons (Fsp3) is 0.294. The Labute approximate surface area is 118 Å². The molecule has 0 atom stereocenters. The second-order valence-corrected chi connectivity index (χ2v) is 5.11. The first kappa shape index (κ1) is 13.0. The van der Waals surface area contributed by atoms with E-state index in [1.54, 1.807) is 19.2 Å². The van der Waals surface area contributed by atoms with Gasteiger partial charge in [0, 0.05) is 24.2 Å². The number of methoxy groups -OCH3 is 1. The molecule has 0 amide bonds. The molecule has 0 spiro atoms. The fourth-order valence-electron chi connectivity index (χ4n) is 2.82. The predicted octanol–water partition coefficient (Wildman–Crippen LogP) is 3.78. The average Bonchev–Trinajstić information content (AvgIpc) is 2.48. The quantitative estimate of drug-likeness (QED) is 0.917. The second kappa shape index (κ2) is 5.53. The van der Waals surface area contributed by atoms with E-state index in [1.165, 1.54) is 29.3 Å². The number of fused-ring (bicyclic) bond motifs is 1. The van der Waals surface area contributed by atoms with Crippen LogP contribution >= 0.6 is 0 Å². The fourth-order valence-corrected chi connectivity index (χ4v) is 2.82. The number of hydrogen-bond acceptors (Lipinski definition) is 2. The Hall–Kier alpha value is -2.03. The van der Waals surface area contributed by atoms with Gasteiger partial charge in [0.25, 0.3) is 0 Å². The summed E-state index contributed by atoms with van der Waals surface area (Å²) in [6.07, 6.45) is 2.95. The van der Waals surface area contributed by atoms with Crippen LogP contribution in [0.5, 0.6) is 5.75 Å². The minimum Gasteiger partial charge on any atom is -0.496 e. The largest absolute Gasteiger partial charge is 0.496 e. The van der Waals surface area contributed by atoms with E-state index >= 15 is 0 Å². The Kier molecular flexibility index (Phi) is 3.59. The zero-order valence-corrected chi connectivity index (χ0v) is 11.6. The van der Waals surface area contributed by atoms with Gasteiger partial charge in [-0.05, 0) is 42.2 Å². The molecule has 0 unspecified atom stereocenters. The van der Waals surface area contributed by atoms with Crippen LogP contribution in [-0.4, -0.2) is 13.7 Å². The minimum atomic E-state index is -0.224. The summed E-state index contributed by atoms with van der Waals surface area (Å²) in [6.45, 7) is 1.00. The zero-order valence-electron chi connectivity index (χ0n) is 11.6. The first-order valence-electron chi connectivity index (χ1n) is 6.95. The average molecular weight is 271 g/mol. The van der Waals surface area contributed by atoms with Crippen LogP contribution in [0.2, 0.25) is 0 Å². The van der Waals surface area contributed by atoms with Gasteiger partial charge < -0.3 is 10.1 Å². The van der Waals surface area contributed by atoms with Crippen molar-refractivity contribution in [2.45, 2.75) is 19.3 Å². The molecule has 1 aliphatic heterocycles. The molecular weight excluding hydrogens is 253 g/mol. The number of ether oxygens (including phenoxy) is 1. The van der Waals surface area contributed by atoms with Gasteiger partial charge in [-0.2, -0.15) is 0 Å². The summed E-state index contributed by atoms with van der Waals surface area (Å²) in [6, 6.07) is 11.0. The van der Waals surface area contributed by atoms with Gasteiger partial charge in [-0.25, -0.2) is 4.39 Å². The summed E-state index contributed by atoms with van der Waals surface area (Å²) in [5, 5.41) is 3.47. The van der Waals surface area contributed by atoms with Crippen molar-refractivity contribution < 1.29 is 9.13 Å². The third-order valence-corrected chi connectivity index (χ3v) is 3.79. The molecule has 0 radical (unpaired) electrons.